The van der Waals surface area contributed by atoms with Crippen LogP contribution in [-0.4, -0.2) is 41.2 Å². The van der Waals surface area contributed by atoms with Crippen LogP contribution in [0, 0.1) is 0 Å². The second-order valence-corrected chi connectivity index (χ2v) is 6.80. The fourth-order valence-electron chi connectivity index (χ4n) is 2.90. The van der Waals surface area contributed by atoms with Gasteiger partial charge >= 0.3 is 0 Å². The molecule has 5 nitrogen and oxygen atoms in total. The Hall–Kier alpha value is -1.92. The quantitative estimate of drug-likeness (QED) is 0.877. The first-order valence-corrected chi connectivity index (χ1v) is 8.75. The lowest BCUT2D eigenvalue weighted by molar-refractivity contribution is -0.121. The van der Waals surface area contributed by atoms with Crippen LogP contribution in [-0.2, 0) is 11.2 Å². The van der Waals surface area contributed by atoms with E-state index in [9.17, 15) is 9.90 Å². The lowest BCUT2D eigenvalue weighted by Crippen LogP contribution is -2.54. The number of nitrogens with one attached hydrogen (secondary N) is 1. The van der Waals surface area contributed by atoms with Gasteiger partial charge in [-0.2, -0.15) is 11.3 Å². The fourth-order valence-corrected chi connectivity index (χ4v) is 3.57. The van der Waals surface area contributed by atoms with Gasteiger partial charge in [0.05, 0.1) is 12.0 Å². The number of piperidine rings is 1. The van der Waals surface area contributed by atoms with E-state index in [4.69, 9.17) is 0 Å². The minimum Gasteiger partial charge on any atom is -0.386 e. The first-order valence-electron chi connectivity index (χ1n) is 7.81. The molecule has 0 spiro atoms. The van der Waals surface area contributed by atoms with Crippen molar-refractivity contribution in [1.29, 1.82) is 0 Å². The predicted molar refractivity (Wildman–Crippen MR) is 91.7 cm³/mol. The summed E-state index contributed by atoms with van der Waals surface area (Å²) in [6.07, 6.45) is 3.69. The number of nitrogens with zero attached hydrogens (tertiary/aromatic N) is 2. The maximum atomic E-state index is 12.0. The molecule has 3 rings (SSSR count). The van der Waals surface area contributed by atoms with E-state index in [1.807, 2.05) is 35.0 Å². The summed E-state index contributed by atoms with van der Waals surface area (Å²) < 4.78 is 0. The van der Waals surface area contributed by atoms with Crippen LogP contribution in [0.25, 0.3) is 0 Å². The van der Waals surface area contributed by atoms with Crippen LogP contribution in [0.15, 0.2) is 41.2 Å². The van der Waals surface area contributed by atoms with Crippen molar-refractivity contribution in [3.8, 4) is 0 Å². The third-order valence-electron chi connectivity index (χ3n) is 4.09. The van der Waals surface area contributed by atoms with E-state index in [-0.39, 0.29) is 12.5 Å². The molecule has 1 fully saturated rings. The Labute approximate surface area is 140 Å². The highest BCUT2D eigenvalue weighted by Crippen LogP contribution is 2.24. The molecule has 0 aliphatic carbocycles. The number of amides is 1. The summed E-state index contributed by atoms with van der Waals surface area (Å²) in [6, 6.07) is 7.71. The van der Waals surface area contributed by atoms with Crippen molar-refractivity contribution in [3.05, 3.63) is 46.8 Å². The van der Waals surface area contributed by atoms with E-state index >= 15 is 0 Å². The molecule has 122 valence electrons. The average Bonchev–Trinajstić information content (AvgIpc) is 3.07. The maximum Gasteiger partial charge on any atom is 0.224 e. The molecule has 2 aromatic heterocycles. The van der Waals surface area contributed by atoms with E-state index in [0.717, 1.165) is 24.3 Å². The van der Waals surface area contributed by atoms with Crippen LogP contribution in [0.2, 0.25) is 0 Å². The van der Waals surface area contributed by atoms with Gasteiger partial charge in [-0.1, -0.05) is 6.07 Å². The first kappa shape index (κ1) is 16.0. The number of β-amino-alcohol motifs (C(OH)–C–C–N with tert-alkyl or cyclic N) is 1. The summed E-state index contributed by atoms with van der Waals surface area (Å²) >= 11 is 1.58. The van der Waals surface area contributed by atoms with Gasteiger partial charge in [-0.25, -0.2) is 4.98 Å². The molecule has 0 saturated carbocycles. The molecule has 0 unspecified atom stereocenters. The standard InChI is InChI=1S/C17H21N3O2S/c21-16(10-14-5-9-23-11-14)19-12-17(22)6-3-8-20(13-17)15-4-1-2-7-18-15/h1-2,4-5,7,9,11,22H,3,6,8,10,12-13H2,(H,19,21)/t17-/m1/s1. The van der Waals surface area contributed by atoms with Gasteiger partial charge in [0, 0.05) is 25.8 Å². The Balaban J connectivity index is 1.55. The molecule has 2 N–H and O–H groups in total. The van der Waals surface area contributed by atoms with Crippen molar-refractivity contribution in [2.24, 2.45) is 0 Å². The minimum absolute atomic E-state index is 0.0493. The highest BCUT2D eigenvalue weighted by Gasteiger charge is 2.34. The number of aromatic nitrogens is 1. The Morgan fingerprint density at radius 3 is 3.09 bits per heavy atom. The van der Waals surface area contributed by atoms with Gasteiger partial charge < -0.3 is 15.3 Å². The Morgan fingerprint density at radius 2 is 2.35 bits per heavy atom. The smallest absolute Gasteiger partial charge is 0.224 e. The van der Waals surface area contributed by atoms with Gasteiger partial charge in [0.1, 0.15) is 5.82 Å². The molecule has 0 radical (unpaired) electrons. The normalized spacial score (nSPS) is 21.2. The van der Waals surface area contributed by atoms with Crippen molar-refractivity contribution in [1.82, 2.24) is 10.3 Å². The molecular weight excluding hydrogens is 310 g/mol. The highest BCUT2D eigenvalue weighted by atomic mass is 32.1. The van der Waals surface area contributed by atoms with E-state index in [0.29, 0.717) is 19.4 Å². The van der Waals surface area contributed by atoms with Gasteiger partial charge in [-0.3, -0.25) is 4.79 Å². The lowest BCUT2D eigenvalue weighted by atomic mass is 9.92. The second kappa shape index (κ2) is 7.10. The summed E-state index contributed by atoms with van der Waals surface area (Å²) in [4.78, 5) is 18.4. The number of anilines is 1. The Kier molecular flexibility index (Phi) is 4.93. The molecule has 1 aliphatic rings. The summed E-state index contributed by atoms with van der Waals surface area (Å²) in [5.41, 5.74) is 0.110. The molecule has 1 amide bonds. The Morgan fingerprint density at radius 1 is 1.43 bits per heavy atom. The third-order valence-corrected chi connectivity index (χ3v) is 4.82. The molecule has 2 aromatic rings. The monoisotopic (exact) mass is 331 g/mol. The topological polar surface area (TPSA) is 65.5 Å². The van der Waals surface area contributed by atoms with Crippen molar-refractivity contribution in [2.75, 3.05) is 24.5 Å². The molecule has 0 bridgehead atoms. The van der Waals surface area contributed by atoms with Crippen LogP contribution in [0.4, 0.5) is 5.82 Å². The zero-order chi connectivity index (χ0) is 16.1. The number of hydrogen-bond acceptors (Lipinski definition) is 5. The van der Waals surface area contributed by atoms with Crippen molar-refractivity contribution in [2.45, 2.75) is 24.9 Å². The zero-order valence-corrected chi connectivity index (χ0v) is 13.8. The number of rotatable bonds is 5. The molecule has 3 heterocycles. The van der Waals surface area contributed by atoms with E-state index in [1.54, 1.807) is 17.5 Å². The first-order chi connectivity index (χ1) is 11.1. The van der Waals surface area contributed by atoms with E-state index < -0.39 is 5.60 Å². The SMILES string of the molecule is O=C(Cc1ccsc1)NC[C@]1(O)CCCN(c2ccccn2)C1. The zero-order valence-electron chi connectivity index (χ0n) is 12.9. The van der Waals surface area contributed by atoms with E-state index in [1.165, 1.54) is 0 Å². The van der Waals surface area contributed by atoms with E-state index in [2.05, 4.69) is 15.2 Å². The predicted octanol–water partition coefficient (Wildman–Crippen LogP) is 1.83. The summed E-state index contributed by atoms with van der Waals surface area (Å²) in [5, 5.41) is 17.6. The van der Waals surface area contributed by atoms with Crippen LogP contribution in [0.3, 0.4) is 0 Å². The van der Waals surface area contributed by atoms with Crippen LogP contribution >= 0.6 is 11.3 Å². The maximum absolute atomic E-state index is 12.0. The third kappa shape index (κ3) is 4.30. The second-order valence-electron chi connectivity index (χ2n) is 6.02. The molecule has 23 heavy (non-hydrogen) atoms. The molecule has 1 atom stereocenters. The highest BCUT2D eigenvalue weighted by molar-refractivity contribution is 7.07. The molecular formula is C17H21N3O2S. The van der Waals surface area contributed by atoms with Crippen LogP contribution in [0.5, 0.6) is 0 Å². The summed E-state index contributed by atoms with van der Waals surface area (Å²) in [7, 11) is 0. The number of hydrogen-bond donors (Lipinski definition) is 2. The summed E-state index contributed by atoms with van der Waals surface area (Å²) in [5.74, 6) is 0.821. The van der Waals surface area contributed by atoms with Gasteiger partial charge in [-0.15, -0.1) is 0 Å². The number of carbonyl (C=O) groups excluding carboxylic acids is 1. The number of aliphatic hydroxyl groups is 1. The van der Waals surface area contributed by atoms with Crippen molar-refractivity contribution in [3.63, 3.8) is 0 Å². The number of thiophene rings is 1. The summed E-state index contributed by atoms with van der Waals surface area (Å²) in [6.45, 7) is 1.64. The minimum atomic E-state index is -0.903. The fraction of sp³-hybridized carbons (Fsp3) is 0.412. The van der Waals surface area contributed by atoms with Crippen LogP contribution < -0.4 is 10.2 Å². The Bertz CT molecular complexity index is 633. The van der Waals surface area contributed by atoms with Gasteiger partial charge in [-0.05, 0) is 47.4 Å². The number of pyridine rings is 1. The molecule has 0 aromatic carbocycles. The van der Waals surface area contributed by atoms with Gasteiger partial charge in [0.2, 0.25) is 5.91 Å². The molecule has 1 saturated heterocycles. The molecule has 6 heteroatoms. The van der Waals surface area contributed by atoms with Crippen molar-refractivity contribution < 1.29 is 9.90 Å². The lowest BCUT2D eigenvalue weighted by Gasteiger charge is -2.39. The van der Waals surface area contributed by atoms with Gasteiger partial charge in [0.25, 0.3) is 0 Å². The van der Waals surface area contributed by atoms with Crippen LogP contribution in [0.1, 0.15) is 18.4 Å². The number of carbonyl (C=O) groups is 1. The largest absolute Gasteiger partial charge is 0.386 e. The average molecular weight is 331 g/mol. The van der Waals surface area contributed by atoms with Crippen molar-refractivity contribution >= 4 is 23.1 Å². The van der Waals surface area contributed by atoms with Gasteiger partial charge in [0.15, 0.2) is 0 Å². The molecule has 1 aliphatic heterocycles.